The summed E-state index contributed by atoms with van der Waals surface area (Å²) >= 11 is 0. The second-order valence-electron chi connectivity index (χ2n) is 5.23. The number of ether oxygens (including phenoxy) is 3. The van der Waals surface area contributed by atoms with Gasteiger partial charge in [0, 0.05) is 17.3 Å². The van der Waals surface area contributed by atoms with E-state index in [0.29, 0.717) is 26.4 Å². The van der Waals surface area contributed by atoms with Crippen molar-refractivity contribution in [3.05, 3.63) is 29.8 Å². The summed E-state index contributed by atoms with van der Waals surface area (Å²) < 4.78 is 16.3. The standard InChI is InChI=1S/C15H20N2O4/c1-16-13-9-19-8-12(13)14(18)17-11-4-2-3-10(7-11)15-20-5-6-21-15/h2-4,7,12-13,15-16H,5-6,8-9H2,1H3,(H,17,18). The molecule has 2 N–H and O–H groups in total. The van der Waals surface area contributed by atoms with Crippen molar-refractivity contribution < 1.29 is 19.0 Å². The number of benzene rings is 1. The van der Waals surface area contributed by atoms with E-state index in [1.54, 1.807) is 0 Å². The molecule has 0 bridgehead atoms. The van der Waals surface area contributed by atoms with Crippen LogP contribution in [0.3, 0.4) is 0 Å². The number of anilines is 1. The van der Waals surface area contributed by atoms with E-state index in [-0.39, 0.29) is 24.2 Å². The van der Waals surface area contributed by atoms with Crippen LogP contribution in [0.25, 0.3) is 0 Å². The molecule has 2 aliphatic rings. The van der Waals surface area contributed by atoms with E-state index in [4.69, 9.17) is 14.2 Å². The van der Waals surface area contributed by atoms with Crippen LogP contribution in [0.2, 0.25) is 0 Å². The number of hydrogen-bond donors (Lipinski definition) is 2. The van der Waals surface area contributed by atoms with Crippen LogP contribution in [-0.4, -0.2) is 45.4 Å². The van der Waals surface area contributed by atoms with Crippen LogP contribution < -0.4 is 10.6 Å². The summed E-state index contributed by atoms with van der Waals surface area (Å²) in [5, 5.41) is 6.05. The zero-order valence-corrected chi connectivity index (χ0v) is 12.0. The van der Waals surface area contributed by atoms with Crippen molar-refractivity contribution >= 4 is 11.6 Å². The molecule has 0 aromatic heterocycles. The van der Waals surface area contributed by atoms with Gasteiger partial charge in [-0.3, -0.25) is 4.79 Å². The molecule has 114 valence electrons. The van der Waals surface area contributed by atoms with Crippen molar-refractivity contribution in [1.82, 2.24) is 5.32 Å². The number of likely N-dealkylation sites (N-methyl/N-ethyl adjacent to an activating group) is 1. The van der Waals surface area contributed by atoms with Crippen LogP contribution in [0, 0.1) is 5.92 Å². The highest BCUT2D eigenvalue weighted by molar-refractivity contribution is 5.93. The molecule has 0 spiro atoms. The first-order chi connectivity index (χ1) is 10.3. The van der Waals surface area contributed by atoms with Crippen molar-refractivity contribution in [1.29, 1.82) is 0 Å². The Balaban J connectivity index is 1.67. The van der Waals surface area contributed by atoms with Crippen molar-refractivity contribution in [2.75, 3.05) is 38.8 Å². The molecule has 1 amide bonds. The normalized spacial score (nSPS) is 26.1. The highest BCUT2D eigenvalue weighted by Gasteiger charge is 2.33. The fourth-order valence-corrected chi connectivity index (χ4v) is 2.65. The van der Waals surface area contributed by atoms with Gasteiger partial charge in [-0.05, 0) is 19.2 Å². The van der Waals surface area contributed by atoms with Gasteiger partial charge < -0.3 is 24.8 Å². The molecule has 21 heavy (non-hydrogen) atoms. The first-order valence-electron chi connectivity index (χ1n) is 7.17. The van der Waals surface area contributed by atoms with Crippen LogP contribution in [0.4, 0.5) is 5.69 Å². The van der Waals surface area contributed by atoms with Crippen LogP contribution in [-0.2, 0) is 19.0 Å². The molecular formula is C15H20N2O4. The fraction of sp³-hybridized carbons (Fsp3) is 0.533. The molecule has 2 aliphatic heterocycles. The molecule has 2 unspecified atom stereocenters. The third kappa shape index (κ3) is 3.24. The third-order valence-corrected chi connectivity index (χ3v) is 3.84. The number of amides is 1. The Labute approximate surface area is 123 Å². The van der Waals surface area contributed by atoms with E-state index in [2.05, 4.69) is 10.6 Å². The number of carbonyl (C=O) groups excluding carboxylic acids is 1. The Kier molecular flexibility index (Phi) is 4.50. The van der Waals surface area contributed by atoms with Gasteiger partial charge in [-0.1, -0.05) is 12.1 Å². The third-order valence-electron chi connectivity index (χ3n) is 3.84. The minimum Gasteiger partial charge on any atom is -0.379 e. The second-order valence-corrected chi connectivity index (χ2v) is 5.23. The van der Waals surface area contributed by atoms with E-state index < -0.39 is 0 Å². The highest BCUT2D eigenvalue weighted by Crippen LogP contribution is 2.25. The van der Waals surface area contributed by atoms with Gasteiger partial charge in [-0.15, -0.1) is 0 Å². The van der Waals surface area contributed by atoms with Gasteiger partial charge in [0.2, 0.25) is 5.91 Å². The average Bonchev–Trinajstić information content (AvgIpc) is 3.18. The van der Waals surface area contributed by atoms with Crippen LogP contribution in [0.5, 0.6) is 0 Å². The van der Waals surface area contributed by atoms with Gasteiger partial charge in [0.1, 0.15) is 0 Å². The molecule has 2 heterocycles. The predicted molar refractivity (Wildman–Crippen MR) is 76.9 cm³/mol. The van der Waals surface area contributed by atoms with Crippen LogP contribution in [0.15, 0.2) is 24.3 Å². The molecule has 2 atom stereocenters. The zero-order chi connectivity index (χ0) is 14.7. The maximum atomic E-state index is 12.3. The molecule has 0 saturated carbocycles. The summed E-state index contributed by atoms with van der Waals surface area (Å²) in [6.45, 7) is 2.22. The second kappa shape index (κ2) is 6.53. The van der Waals surface area contributed by atoms with E-state index in [1.807, 2.05) is 31.3 Å². The zero-order valence-electron chi connectivity index (χ0n) is 12.0. The number of rotatable bonds is 4. The summed E-state index contributed by atoms with van der Waals surface area (Å²) in [7, 11) is 1.84. The first kappa shape index (κ1) is 14.5. The molecule has 6 nitrogen and oxygen atoms in total. The first-order valence-corrected chi connectivity index (χ1v) is 7.17. The quantitative estimate of drug-likeness (QED) is 0.863. The lowest BCUT2D eigenvalue weighted by Gasteiger charge is -2.17. The van der Waals surface area contributed by atoms with Gasteiger partial charge in [-0.2, -0.15) is 0 Å². The lowest BCUT2D eigenvalue weighted by Crippen LogP contribution is -2.39. The van der Waals surface area contributed by atoms with Gasteiger partial charge in [0.25, 0.3) is 0 Å². The van der Waals surface area contributed by atoms with Gasteiger partial charge in [-0.25, -0.2) is 0 Å². The number of carbonyl (C=O) groups is 1. The molecule has 2 fully saturated rings. The molecule has 6 heteroatoms. The van der Waals surface area contributed by atoms with Crippen LogP contribution >= 0.6 is 0 Å². The van der Waals surface area contributed by atoms with E-state index in [9.17, 15) is 4.79 Å². The van der Waals surface area contributed by atoms with E-state index >= 15 is 0 Å². The molecule has 2 saturated heterocycles. The molecular weight excluding hydrogens is 272 g/mol. The molecule has 1 aromatic carbocycles. The van der Waals surface area contributed by atoms with E-state index in [1.165, 1.54) is 0 Å². The SMILES string of the molecule is CNC1COCC1C(=O)Nc1cccc(C2OCCO2)c1. The largest absolute Gasteiger partial charge is 0.379 e. The summed E-state index contributed by atoms with van der Waals surface area (Å²) in [4.78, 5) is 12.3. The van der Waals surface area contributed by atoms with Gasteiger partial charge in [0.05, 0.1) is 32.3 Å². The Hall–Kier alpha value is -1.47. The van der Waals surface area contributed by atoms with Crippen molar-refractivity contribution in [3.63, 3.8) is 0 Å². The van der Waals surface area contributed by atoms with Gasteiger partial charge in [0.15, 0.2) is 6.29 Å². The molecule has 0 aliphatic carbocycles. The van der Waals surface area contributed by atoms with Crippen molar-refractivity contribution in [2.24, 2.45) is 5.92 Å². The minimum absolute atomic E-state index is 0.0303. The fourth-order valence-electron chi connectivity index (χ4n) is 2.65. The number of nitrogens with one attached hydrogen (secondary N) is 2. The molecule has 3 rings (SSSR count). The number of hydrogen-bond acceptors (Lipinski definition) is 5. The summed E-state index contributed by atoms with van der Waals surface area (Å²) in [5.41, 5.74) is 1.66. The van der Waals surface area contributed by atoms with E-state index in [0.717, 1.165) is 11.3 Å². The van der Waals surface area contributed by atoms with Crippen LogP contribution in [0.1, 0.15) is 11.9 Å². The average molecular weight is 292 g/mol. The predicted octanol–water partition coefficient (Wildman–Crippen LogP) is 0.905. The Bertz CT molecular complexity index is 502. The smallest absolute Gasteiger partial charge is 0.231 e. The van der Waals surface area contributed by atoms with Gasteiger partial charge >= 0.3 is 0 Å². The summed E-state index contributed by atoms with van der Waals surface area (Å²) in [6, 6.07) is 7.63. The lowest BCUT2D eigenvalue weighted by atomic mass is 10.0. The maximum Gasteiger partial charge on any atom is 0.231 e. The summed E-state index contributed by atoms with van der Waals surface area (Å²) in [5.74, 6) is -0.199. The molecule has 1 aromatic rings. The lowest BCUT2D eigenvalue weighted by molar-refractivity contribution is -0.120. The van der Waals surface area contributed by atoms with Crippen molar-refractivity contribution in [2.45, 2.75) is 12.3 Å². The van der Waals surface area contributed by atoms with Crippen molar-refractivity contribution in [3.8, 4) is 0 Å². The monoisotopic (exact) mass is 292 g/mol. The molecule has 0 radical (unpaired) electrons. The highest BCUT2D eigenvalue weighted by atomic mass is 16.7. The topological polar surface area (TPSA) is 68.8 Å². The summed E-state index contributed by atoms with van der Waals surface area (Å²) in [6.07, 6.45) is -0.332. The Morgan fingerprint density at radius 1 is 1.24 bits per heavy atom. The minimum atomic E-state index is -0.332. The maximum absolute atomic E-state index is 12.3. The Morgan fingerprint density at radius 3 is 2.81 bits per heavy atom. The Morgan fingerprint density at radius 2 is 2.05 bits per heavy atom.